The van der Waals surface area contributed by atoms with Gasteiger partial charge in [-0.3, -0.25) is 24.0 Å². The second-order valence-corrected chi connectivity index (χ2v) is 12.0. The van der Waals surface area contributed by atoms with Crippen LogP contribution in [0.4, 0.5) is 4.79 Å². The average molecular weight is 672 g/mol. The molecule has 0 fully saturated rings. The molecule has 5 N–H and O–H groups in total. The Bertz CT molecular complexity index is 1530. The molecular weight excluding hydrogens is 626 g/mol. The Morgan fingerprint density at radius 3 is 1.80 bits per heavy atom. The standard InChI is InChI=1S/C37H45N5O7/c1-25(2)21-30(42-37(48)49-24-29-17-11-6-12-18-29)35(46)40-26(3)33(44)36(47)39-23-32(43)41-31(22-28-15-9-5-10-16-28)34(45)38-20-19-27-13-7-4-8-14-27/h4-18,25-26,30-31H,19-24H2,1-3H3,(H,38,45)(H,39,47)(H,40,46)(H,41,43)(H,42,48)/t26?,30-,31-/m0/s1. The van der Waals surface area contributed by atoms with Gasteiger partial charge in [-0.1, -0.05) is 105 Å². The van der Waals surface area contributed by atoms with Gasteiger partial charge in [-0.05, 0) is 42.4 Å². The van der Waals surface area contributed by atoms with Gasteiger partial charge in [0.25, 0.3) is 5.91 Å². The van der Waals surface area contributed by atoms with Crippen LogP contribution in [0, 0.1) is 5.92 Å². The lowest BCUT2D eigenvalue weighted by Crippen LogP contribution is -2.54. The monoisotopic (exact) mass is 671 g/mol. The highest BCUT2D eigenvalue weighted by molar-refractivity contribution is 6.38. The van der Waals surface area contributed by atoms with Crippen molar-refractivity contribution in [3.8, 4) is 0 Å². The summed E-state index contributed by atoms with van der Waals surface area (Å²) in [6.07, 6.45) is 0.273. The normalized spacial score (nSPS) is 12.5. The SMILES string of the molecule is CC(C)C[C@H](NC(=O)OCc1ccccc1)C(=O)NC(C)C(=O)C(=O)NCC(=O)N[C@@H](Cc1ccccc1)C(=O)NCCc1ccccc1. The molecule has 0 aromatic heterocycles. The van der Waals surface area contributed by atoms with Gasteiger partial charge in [0.1, 0.15) is 18.7 Å². The molecule has 0 saturated heterocycles. The first kappa shape index (κ1) is 37.9. The second-order valence-electron chi connectivity index (χ2n) is 12.0. The molecule has 0 aliphatic rings. The van der Waals surface area contributed by atoms with Crippen molar-refractivity contribution in [2.75, 3.05) is 13.1 Å². The van der Waals surface area contributed by atoms with Gasteiger partial charge in [0.2, 0.25) is 23.5 Å². The van der Waals surface area contributed by atoms with E-state index in [1.165, 1.54) is 6.92 Å². The fourth-order valence-electron chi connectivity index (χ4n) is 4.84. The van der Waals surface area contributed by atoms with Gasteiger partial charge in [-0.2, -0.15) is 0 Å². The van der Waals surface area contributed by atoms with Gasteiger partial charge < -0.3 is 31.3 Å². The Hall–Kier alpha value is -5.52. The number of hydrogen-bond donors (Lipinski definition) is 5. The van der Waals surface area contributed by atoms with Gasteiger partial charge in [-0.25, -0.2) is 4.79 Å². The first-order valence-electron chi connectivity index (χ1n) is 16.3. The number of hydrogen-bond acceptors (Lipinski definition) is 7. The minimum atomic E-state index is -1.26. The molecule has 3 rings (SSSR count). The number of ketones is 1. The van der Waals surface area contributed by atoms with Crippen molar-refractivity contribution in [2.24, 2.45) is 5.92 Å². The molecule has 0 saturated carbocycles. The molecule has 0 heterocycles. The third-order valence-electron chi connectivity index (χ3n) is 7.40. The Kier molecular flexibility index (Phi) is 15.5. The maximum absolute atomic E-state index is 13.1. The lowest BCUT2D eigenvalue weighted by atomic mass is 10.0. The summed E-state index contributed by atoms with van der Waals surface area (Å²) in [4.78, 5) is 76.7. The van der Waals surface area contributed by atoms with E-state index < -0.39 is 54.3 Å². The first-order chi connectivity index (χ1) is 23.5. The zero-order valence-corrected chi connectivity index (χ0v) is 28.1. The van der Waals surface area contributed by atoms with Crippen LogP contribution in [0.15, 0.2) is 91.0 Å². The number of Topliss-reactive ketones (excluding diaryl/α,β-unsaturated/α-hetero) is 1. The smallest absolute Gasteiger partial charge is 0.408 e. The van der Waals surface area contributed by atoms with Crippen LogP contribution in [0.1, 0.15) is 43.9 Å². The number of rotatable bonds is 18. The van der Waals surface area contributed by atoms with Crippen LogP contribution in [0.2, 0.25) is 0 Å². The lowest BCUT2D eigenvalue weighted by Gasteiger charge is -2.22. The quantitative estimate of drug-likeness (QED) is 0.129. The molecule has 3 atom stereocenters. The Balaban J connectivity index is 1.50. The topological polar surface area (TPSA) is 172 Å². The number of nitrogens with one attached hydrogen (secondary N) is 5. The maximum atomic E-state index is 13.1. The number of carbonyl (C=O) groups excluding carboxylic acids is 6. The summed E-state index contributed by atoms with van der Waals surface area (Å²) in [6, 6.07) is 24.6. The van der Waals surface area contributed by atoms with Crippen molar-refractivity contribution < 1.29 is 33.5 Å². The molecule has 0 aliphatic carbocycles. The Morgan fingerprint density at radius 1 is 0.633 bits per heavy atom. The molecule has 5 amide bonds. The minimum absolute atomic E-state index is 0.00894. The van der Waals surface area contributed by atoms with E-state index in [1.54, 1.807) is 12.1 Å². The van der Waals surface area contributed by atoms with Crippen molar-refractivity contribution in [2.45, 2.75) is 64.8 Å². The predicted molar refractivity (Wildman–Crippen MR) is 184 cm³/mol. The van der Waals surface area contributed by atoms with E-state index in [-0.39, 0.29) is 31.3 Å². The van der Waals surface area contributed by atoms with E-state index in [0.717, 1.165) is 16.7 Å². The van der Waals surface area contributed by atoms with Gasteiger partial charge >= 0.3 is 6.09 Å². The fraction of sp³-hybridized carbons (Fsp3) is 0.351. The van der Waals surface area contributed by atoms with Crippen LogP contribution < -0.4 is 26.6 Å². The first-order valence-corrected chi connectivity index (χ1v) is 16.3. The highest BCUT2D eigenvalue weighted by Gasteiger charge is 2.29. The zero-order chi connectivity index (χ0) is 35.6. The van der Waals surface area contributed by atoms with E-state index in [9.17, 15) is 28.8 Å². The molecule has 12 nitrogen and oxygen atoms in total. The maximum Gasteiger partial charge on any atom is 0.408 e. The van der Waals surface area contributed by atoms with Crippen LogP contribution in [0.5, 0.6) is 0 Å². The zero-order valence-electron chi connectivity index (χ0n) is 28.1. The van der Waals surface area contributed by atoms with Crippen molar-refractivity contribution in [3.05, 3.63) is 108 Å². The van der Waals surface area contributed by atoms with Gasteiger partial charge in [0.05, 0.1) is 12.6 Å². The third kappa shape index (κ3) is 14.0. The Morgan fingerprint density at radius 2 is 1.20 bits per heavy atom. The van der Waals surface area contributed by atoms with Crippen molar-refractivity contribution in [3.63, 3.8) is 0 Å². The molecule has 12 heteroatoms. The number of alkyl carbamates (subject to hydrolysis) is 1. The molecule has 0 bridgehead atoms. The number of ether oxygens (including phenoxy) is 1. The van der Waals surface area contributed by atoms with E-state index in [2.05, 4.69) is 26.6 Å². The van der Waals surface area contributed by atoms with Gasteiger partial charge in [0.15, 0.2) is 0 Å². The summed E-state index contributed by atoms with van der Waals surface area (Å²) < 4.78 is 5.22. The van der Waals surface area contributed by atoms with Crippen LogP contribution in [-0.4, -0.2) is 66.7 Å². The second kappa shape index (κ2) is 20.0. The fourth-order valence-corrected chi connectivity index (χ4v) is 4.84. The van der Waals surface area contributed by atoms with Crippen LogP contribution in [0.3, 0.4) is 0 Å². The summed E-state index contributed by atoms with van der Waals surface area (Å²) in [5.41, 5.74) is 2.65. The molecule has 3 aromatic carbocycles. The largest absolute Gasteiger partial charge is 0.445 e. The molecule has 0 spiro atoms. The van der Waals surface area contributed by atoms with Crippen LogP contribution in [-0.2, 0) is 48.2 Å². The number of benzene rings is 3. The summed E-state index contributed by atoms with van der Waals surface area (Å²) in [7, 11) is 0. The highest BCUT2D eigenvalue weighted by atomic mass is 16.5. The van der Waals surface area contributed by atoms with Crippen molar-refractivity contribution in [1.82, 2.24) is 26.6 Å². The summed E-state index contributed by atoms with van der Waals surface area (Å²) in [5, 5.41) is 12.7. The molecule has 0 radical (unpaired) electrons. The number of carbonyl (C=O) groups is 6. The Labute approximate surface area is 286 Å². The average Bonchev–Trinajstić information content (AvgIpc) is 3.09. The minimum Gasteiger partial charge on any atom is -0.445 e. The molecule has 3 aromatic rings. The third-order valence-corrected chi connectivity index (χ3v) is 7.40. The highest BCUT2D eigenvalue weighted by Crippen LogP contribution is 2.08. The van der Waals surface area contributed by atoms with Crippen molar-refractivity contribution in [1.29, 1.82) is 0 Å². The molecule has 0 aliphatic heterocycles. The van der Waals surface area contributed by atoms with Crippen LogP contribution >= 0.6 is 0 Å². The molecular formula is C37H45N5O7. The van der Waals surface area contributed by atoms with E-state index in [1.807, 2.05) is 92.7 Å². The molecule has 49 heavy (non-hydrogen) atoms. The van der Waals surface area contributed by atoms with Gasteiger partial charge in [0, 0.05) is 13.0 Å². The molecule has 260 valence electrons. The van der Waals surface area contributed by atoms with Crippen molar-refractivity contribution >= 4 is 35.5 Å². The summed E-state index contributed by atoms with van der Waals surface area (Å²) in [6.45, 7) is 4.86. The summed E-state index contributed by atoms with van der Waals surface area (Å²) >= 11 is 0. The predicted octanol–water partition coefficient (Wildman–Crippen LogP) is 2.60. The van der Waals surface area contributed by atoms with Crippen LogP contribution in [0.25, 0.3) is 0 Å². The van der Waals surface area contributed by atoms with E-state index >= 15 is 0 Å². The number of amides is 5. The molecule has 1 unspecified atom stereocenters. The van der Waals surface area contributed by atoms with E-state index in [0.29, 0.717) is 13.0 Å². The lowest BCUT2D eigenvalue weighted by molar-refractivity contribution is -0.140. The van der Waals surface area contributed by atoms with E-state index in [4.69, 9.17) is 4.74 Å². The van der Waals surface area contributed by atoms with Gasteiger partial charge in [-0.15, -0.1) is 0 Å². The summed E-state index contributed by atoms with van der Waals surface area (Å²) in [5.74, 6) is -3.80.